The first-order chi connectivity index (χ1) is 35.0. The molecular formula is C65H117NO5. The van der Waals surface area contributed by atoms with Gasteiger partial charge in [-0.2, -0.15) is 0 Å². The van der Waals surface area contributed by atoms with E-state index in [2.05, 4.69) is 99.0 Å². The fraction of sp³-hybridized carbons (Fsp3) is 0.785. The van der Waals surface area contributed by atoms with Gasteiger partial charge in [0.15, 0.2) is 0 Å². The average Bonchev–Trinajstić information content (AvgIpc) is 3.36. The molecule has 412 valence electrons. The summed E-state index contributed by atoms with van der Waals surface area (Å²) in [5, 5.41) is 23.9. The molecule has 3 unspecified atom stereocenters. The van der Waals surface area contributed by atoms with Crippen molar-refractivity contribution in [3.8, 4) is 0 Å². The second kappa shape index (κ2) is 58.2. The molecule has 0 aliphatic rings. The van der Waals surface area contributed by atoms with Crippen molar-refractivity contribution in [2.24, 2.45) is 0 Å². The summed E-state index contributed by atoms with van der Waals surface area (Å²) in [5.74, 6) is -0.519. The summed E-state index contributed by atoms with van der Waals surface area (Å²) in [6.45, 7) is 6.39. The minimum atomic E-state index is -0.802. The van der Waals surface area contributed by atoms with Crippen molar-refractivity contribution in [3.63, 3.8) is 0 Å². The molecule has 0 aromatic carbocycles. The number of carbonyl (C=O) groups excluding carboxylic acids is 2. The van der Waals surface area contributed by atoms with Crippen LogP contribution in [0.25, 0.3) is 0 Å². The van der Waals surface area contributed by atoms with Gasteiger partial charge in [-0.15, -0.1) is 0 Å². The lowest BCUT2D eigenvalue weighted by Gasteiger charge is -2.24. The lowest BCUT2D eigenvalue weighted by molar-refractivity contribution is -0.151. The van der Waals surface area contributed by atoms with Crippen LogP contribution >= 0.6 is 0 Å². The number of amides is 1. The van der Waals surface area contributed by atoms with Gasteiger partial charge >= 0.3 is 5.97 Å². The lowest BCUT2D eigenvalue weighted by Crippen LogP contribution is -2.46. The third kappa shape index (κ3) is 53.4. The average molecular weight is 993 g/mol. The largest absolute Gasteiger partial charge is 0.462 e. The monoisotopic (exact) mass is 992 g/mol. The van der Waals surface area contributed by atoms with Crippen LogP contribution in [0.1, 0.15) is 303 Å². The number of rotatable bonds is 55. The summed E-state index contributed by atoms with van der Waals surface area (Å²) >= 11 is 0. The SMILES string of the molecule is CC/C=C\C/C=C\C/C=C\C/C=C\C/C=C\CCCCCC(=O)OC(CCCCC/C=C/CCCCCCCCCCC)CC(=O)NC(CO)C(O)CCCCCCCCCCCCCCCCCCC. The maximum Gasteiger partial charge on any atom is 0.306 e. The van der Waals surface area contributed by atoms with Crippen molar-refractivity contribution in [2.75, 3.05) is 6.61 Å². The van der Waals surface area contributed by atoms with Crippen LogP contribution < -0.4 is 5.32 Å². The molecule has 3 N–H and O–H groups in total. The zero-order valence-corrected chi connectivity index (χ0v) is 47.1. The quantitative estimate of drug-likeness (QED) is 0.0321. The van der Waals surface area contributed by atoms with E-state index in [1.54, 1.807) is 0 Å². The van der Waals surface area contributed by atoms with Crippen molar-refractivity contribution in [1.29, 1.82) is 0 Å². The van der Waals surface area contributed by atoms with E-state index in [0.29, 0.717) is 19.3 Å². The van der Waals surface area contributed by atoms with Crippen LogP contribution in [-0.4, -0.2) is 46.9 Å². The first-order valence-corrected chi connectivity index (χ1v) is 30.7. The summed E-state index contributed by atoms with van der Waals surface area (Å²) in [6.07, 6.45) is 75.4. The third-order valence-electron chi connectivity index (χ3n) is 13.8. The number of aliphatic hydroxyl groups is 2. The van der Waals surface area contributed by atoms with E-state index in [4.69, 9.17) is 4.74 Å². The van der Waals surface area contributed by atoms with E-state index in [-0.39, 0.29) is 24.9 Å². The number of ether oxygens (including phenoxy) is 1. The Morgan fingerprint density at radius 2 is 0.761 bits per heavy atom. The molecule has 0 aliphatic carbocycles. The molecule has 3 atom stereocenters. The summed E-state index contributed by atoms with van der Waals surface area (Å²) in [7, 11) is 0. The Balaban J connectivity index is 4.61. The molecule has 71 heavy (non-hydrogen) atoms. The molecule has 0 bridgehead atoms. The first-order valence-electron chi connectivity index (χ1n) is 30.7. The zero-order chi connectivity index (χ0) is 51.6. The van der Waals surface area contributed by atoms with Crippen LogP contribution in [0.15, 0.2) is 72.9 Å². The van der Waals surface area contributed by atoms with Gasteiger partial charge in [-0.25, -0.2) is 0 Å². The molecule has 1 amide bonds. The zero-order valence-electron chi connectivity index (χ0n) is 47.1. The number of allylic oxidation sites excluding steroid dienone is 12. The molecule has 0 saturated carbocycles. The van der Waals surface area contributed by atoms with Gasteiger partial charge in [-0.1, -0.05) is 267 Å². The Bertz CT molecular complexity index is 1300. The highest BCUT2D eigenvalue weighted by atomic mass is 16.5. The van der Waals surface area contributed by atoms with E-state index in [1.165, 1.54) is 148 Å². The second-order valence-electron chi connectivity index (χ2n) is 20.7. The van der Waals surface area contributed by atoms with E-state index < -0.39 is 18.2 Å². The number of hydrogen-bond donors (Lipinski definition) is 3. The van der Waals surface area contributed by atoms with Crippen LogP contribution in [0.2, 0.25) is 0 Å². The predicted molar refractivity (Wildman–Crippen MR) is 310 cm³/mol. The molecular weight excluding hydrogens is 875 g/mol. The first kappa shape index (κ1) is 68.3. The molecule has 0 heterocycles. The van der Waals surface area contributed by atoms with Crippen LogP contribution in [-0.2, 0) is 14.3 Å². The van der Waals surface area contributed by atoms with Crippen LogP contribution in [0, 0.1) is 0 Å². The lowest BCUT2D eigenvalue weighted by atomic mass is 10.0. The fourth-order valence-corrected chi connectivity index (χ4v) is 9.16. The van der Waals surface area contributed by atoms with Gasteiger partial charge in [0, 0.05) is 6.42 Å². The van der Waals surface area contributed by atoms with Gasteiger partial charge in [-0.3, -0.25) is 9.59 Å². The Kier molecular flexibility index (Phi) is 56.0. The minimum Gasteiger partial charge on any atom is -0.462 e. The molecule has 0 rings (SSSR count). The van der Waals surface area contributed by atoms with Crippen molar-refractivity contribution in [1.82, 2.24) is 5.32 Å². The molecule has 6 heteroatoms. The number of hydrogen-bond acceptors (Lipinski definition) is 5. The molecule has 0 aromatic rings. The van der Waals surface area contributed by atoms with Gasteiger partial charge in [0.1, 0.15) is 6.10 Å². The number of esters is 1. The van der Waals surface area contributed by atoms with Gasteiger partial charge in [0.2, 0.25) is 5.91 Å². The van der Waals surface area contributed by atoms with Crippen molar-refractivity contribution in [2.45, 2.75) is 322 Å². The maximum absolute atomic E-state index is 13.3. The molecule has 0 aliphatic heterocycles. The Morgan fingerprint density at radius 1 is 0.423 bits per heavy atom. The fourth-order valence-electron chi connectivity index (χ4n) is 9.16. The Hall–Kier alpha value is -2.70. The molecule has 6 nitrogen and oxygen atoms in total. The highest BCUT2D eigenvalue weighted by molar-refractivity contribution is 5.77. The van der Waals surface area contributed by atoms with E-state index in [1.807, 2.05) is 0 Å². The minimum absolute atomic E-state index is 0.0524. The maximum atomic E-state index is 13.3. The molecule has 0 radical (unpaired) electrons. The highest BCUT2D eigenvalue weighted by Crippen LogP contribution is 2.18. The van der Waals surface area contributed by atoms with Crippen molar-refractivity contribution < 1.29 is 24.5 Å². The summed E-state index contributed by atoms with van der Waals surface area (Å²) in [4.78, 5) is 26.3. The van der Waals surface area contributed by atoms with Crippen LogP contribution in [0.5, 0.6) is 0 Å². The summed E-state index contributed by atoms with van der Waals surface area (Å²) < 4.78 is 5.95. The van der Waals surface area contributed by atoms with Gasteiger partial charge in [0.25, 0.3) is 0 Å². The molecule has 0 saturated heterocycles. The Morgan fingerprint density at radius 3 is 1.18 bits per heavy atom. The second-order valence-corrected chi connectivity index (χ2v) is 20.7. The van der Waals surface area contributed by atoms with E-state index >= 15 is 0 Å². The van der Waals surface area contributed by atoms with Gasteiger partial charge in [0.05, 0.1) is 25.2 Å². The van der Waals surface area contributed by atoms with Gasteiger partial charge in [-0.05, 0) is 96.3 Å². The predicted octanol–water partition coefficient (Wildman–Crippen LogP) is 19.3. The van der Waals surface area contributed by atoms with E-state index in [9.17, 15) is 19.8 Å². The normalized spacial score (nSPS) is 13.6. The number of carbonyl (C=O) groups is 2. The van der Waals surface area contributed by atoms with Gasteiger partial charge < -0.3 is 20.3 Å². The van der Waals surface area contributed by atoms with Crippen LogP contribution in [0.4, 0.5) is 0 Å². The topological polar surface area (TPSA) is 95.9 Å². The third-order valence-corrected chi connectivity index (χ3v) is 13.8. The van der Waals surface area contributed by atoms with E-state index in [0.717, 1.165) is 109 Å². The van der Waals surface area contributed by atoms with Crippen LogP contribution in [0.3, 0.4) is 0 Å². The highest BCUT2D eigenvalue weighted by Gasteiger charge is 2.24. The molecule has 0 spiro atoms. The number of nitrogens with one attached hydrogen (secondary N) is 1. The summed E-state index contributed by atoms with van der Waals surface area (Å²) in [5.41, 5.74) is 0. The molecule has 0 fully saturated rings. The molecule has 0 aromatic heterocycles. The van der Waals surface area contributed by atoms with Crippen molar-refractivity contribution >= 4 is 11.9 Å². The van der Waals surface area contributed by atoms with Crippen molar-refractivity contribution in [3.05, 3.63) is 72.9 Å². The number of aliphatic hydroxyl groups excluding tert-OH is 2. The number of unbranched alkanes of at least 4 members (excludes halogenated alkanes) is 31. The Labute approximate surface area is 441 Å². The summed E-state index contributed by atoms with van der Waals surface area (Å²) in [6, 6.07) is -0.717. The smallest absolute Gasteiger partial charge is 0.306 e. The standard InChI is InChI=1S/C65H117NO5/c1-4-7-10-13-16-19-22-25-28-31-32-34-37-40-43-46-49-52-55-58-65(70)71-61(56-53-50-47-44-41-38-35-30-27-24-21-18-15-12-9-6-3)59-64(69)66-62(60-67)63(68)57-54-51-48-45-42-39-36-33-29-26-23-20-17-14-11-8-5-2/h7,10,16,19,25,28,32,34,38,40-41,43,61-63,67-68H,4-6,8-9,11-15,17-18,20-24,26-27,29-31,33,35-37,39,42,44-60H2,1-3H3,(H,66,69)/b10-7-,19-16-,28-25-,34-32-,41-38+,43-40-.